The lowest BCUT2D eigenvalue weighted by atomic mass is 10.3. The van der Waals surface area contributed by atoms with Crippen molar-refractivity contribution < 1.29 is 4.74 Å². The number of nitrogen functional groups attached to an aromatic ring is 1. The number of ether oxygens (including phenoxy) is 1. The lowest BCUT2D eigenvalue weighted by Gasteiger charge is -2.11. The van der Waals surface area contributed by atoms with E-state index in [1.807, 2.05) is 32.0 Å². The molecule has 0 unspecified atom stereocenters. The van der Waals surface area contributed by atoms with Gasteiger partial charge in [-0.3, -0.25) is 4.98 Å². The maximum absolute atomic E-state index is 5.86. The smallest absolute Gasteiger partial charge is 0.122 e. The molecule has 0 saturated carbocycles. The van der Waals surface area contributed by atoms with Gasteiger partial charge in [-0.25, -0.2) is 4.98 Å². The summed E-state index contributed by atoms with van der Waals surface area (Å²) in [6.07, 6.45) is 5.16. The Kier molecular flexibility index (Phi) is 4.04. The lowest BCUT2D eigenvalue weighted by Crippen LogP contribution is -2.05. The van der Waals surface area contributed by atoms with Gasteiger partial charge in [0.2, 0.25) is 0 Å². The molecule has 0 saturated heterocycles. The zero-order valence-electron chi connectivity index (χ0n) is 10.3. The van der Waals surface area contributed by atoms with Crippen LogP contribution in [0.3, 0.4) is 0 Å². The van der Waals surface area contributed by atoms with Gasteiger partial charge in [-0.2, -0.15) is 0 Å². The maximum Gasteiger partial charge on any atom is 0.122 e. The first kappa shape index (κ1) is 12.7. The first-order valence-electron chi connectivity index (χ1n) is 5.64. The van der Waals surface area contributed by atoms with Crippen LogP contribution in [0, 0.1) is 0 Å². The number of rotatable bonds is 4. The average Bonchev–Trinajstić information content (AvgIpc) is 2.28. The zero-order chi connectivity index (χ0) is 13.0. The van der Waals surface area contributed by atoms with Crippen LogP contribution in [0.1, 0.15) is 13.8 Å². The molecule has 0 aliphatic carbocycles. The summed E-state index contributed by atoms with van der Waals surface area (Å²) >= 11 is 1.51. The Morgan fingerprint density at radius 1 is 1.22 bits per heavy atom. The molecule has 0 radical (unpaired) electrons. The second-order valence-electron chi connectivity index (χ2n) is 4.05. The molecule has 0 fully saturated rings. The zero-order valence-corrected chi connectivity index (χ0v) is 11.1. The molecule has 0 atom stereocenters. The van der Waals surface area contributed by atoms with Gasteiger partial charge < -0.3 is 10.5 Å². The van der Waals surface area contributed by atoms with Crippen LogP contribution in [0.2, 0.25) is 0 Å². The van der Waals surface area contributed by atoms with E-state index in [0.29, 0.717) is 5.69 Å². The number of anilines is 1. The third kappa shape index (κ3) is 3.63. The molecule has 2 aromatic rings. The topological polar surface area (TPSA) is 61.0 Å². The van der Waals surface area contributed by atoms with Gasteiger partial charge in [-0.15, -0.1) is 0 Å². The van der Waals surface area contributed by atoms with Crippen LogP contribution in [0.15, 0.2) is 46.7 Å². The van der Waals surface area contributed by atoms with E-state index in [1.165, 1.54) is 11.8 Å². The summed E-state index contributed by atoms with van der Waals surface area (Å²) in [7, 11) is 0. The highest BCUT2D eigenvalue weighted by molar-refractivity contribution is 7.99. The van der Waals surface area contributed by atoms with Crippen molar-refractivity contribution >= 4 is 17.4 Å². The van der Waals surface area contributed by atoms with E-state index in [4.69, 9.17) is 10.5 Å². The number of benzene rings is 1. The van der Waals surface area contributed by atoms with Crippen LogP contribution in [-0.2, 0) is 0 Å². The van der Waals surface area contributed by atoms with Crippen molar-refractivity contribution in [1.29, 1.82) is 0 Å². The molecule has 2 N–H and O–H groups in total. The van der Waals surface area contributed by atoms with Gasteiger partial charge in [0.25, 0.3) is 0 Å². The first-order chi connectivity index (χ1) is 8.63. The minimum absolute atomic E-state index is 0.126. The summed E-state index contributed by atoms with van der Waals surface area (Å²) in [6.45, 7) is 3.97. The summed E-state index contributed by atoms with van der Waals surface area (Å²) in [6, 6.07) is 5.67. The SMILES string of the molecule is CC(C)Oc1cc(N)cc(Sc2cnccn2)c1. The van der Waals surface area contributed by atoms with Crippen molar-refractivity contribution in [1.82, 2.24) is 9.97 Å². The maximum atomic E-state index is 5.86. The monoisotopic (exact) mass is 261 g/mol. The van der Waals surface area contributed by atoms with Gasteiger partial charge in [0.1, 0.15) is 10.8 Å². The van der Waals surface area contributed by atoms with Crippen LogP contribution < -0.4 is 10.5 Å². The fourth-order valence-electron chi connectivity index (χ4n) is 1.45. The van der Waals surface area contributed by atoms with Crippen LogP contribution in [0.5, 0.6) is 5.75 Å². The van der Waals surface area contributed by atoms with Crippen molar-refractivity contribution in [2.24, 2.45) is 0 Å². The molecule has 1 aromatic heterocycles. The number of aromatic nitrogens is 2. The summed E-state index contributed by atoms with van der Waals surface area (Å²) < 4.78 is 5.64. The second kappa shape index (κ2) is 5.73. The largest absolute Gasteiger partial charge is 0.491 e. The lowest BCUT2D eigenvalue weighted by molar-refractivity contribution is 0.242. The highest BCUT2D eigenvalue weighted by Gasteiger charge is 2.04. The van der Waals surface area contributed by atoms with Crippen LogP contribution in [-0.4, -0.2) is 16.1 Å². The molecule has 2 rings (SSSR count). The predicted molar refractivity (Wildman–Crippen MR) is 72.8 cm³/mol. The van der Waals surface area contributed by atoms with Gasteiger partial charge in [0.15, 0.2) is 0 Å². The highest BCUT2D eigenvalue weighted by Crippen LogP contribution is 2.31. The number of hydrogen-bond donors (Lipinski definition) is 1. The van der Waals surface area contributed by atoms with Crippen molar-refractivity contribution in [3.05, 3.63) is 36.8 Å². The van der Waals surface area contributed by atoms with E-state index >= 15 is 0 Å². The van der Waals surface area contributed by atoms with Crippen LogP contribution in [0.25, 0.3) is 0 Å². The fraction of sp³-hybridized carbons (Fsp3) is 0.231. The van der Waals surface area contributed by atoms with Gasteiger partial charge in [-0.1, -0.05) is 11.8 Å². The molecule has 94 valence electrons. The third-order valence-corrected chi connectivity index (χ3v) is 2.93. The van der Waals surface area contributed by atoms with E-state index in [-0.39, 0.29) is 6.10 Å². The van der Waals surface area contributed by atoms with E-state index in [9.17, 15) is 0 Å². The molecule has 1 aromatic carbocycles. The normalized spacial score (nSPS) is 10.6. The minimum atomic E-state index is 0.126. The van der Waals surface area contributed by atoms with Crippen LogP contribution in [0.4, 0.5) is 5.69 Å². The molecule has 0 aliphatic heterocycles. The molecular formula is C13H15N3OS. The van der Waals surface area contributed by atoms with Gasteiger partial charge in [-0.05, 0) is 26.0 Å². The molecular weight excluding hydrogens is 246 g/mol. The summed E-state index contributed by atoms with van der Waals surface area (Å²) in [5.74, 6) is 0.774. The van der Waals surface area contributed by atoms with E-state index < -0.39 is 0 Å². The van der Waals surface area contributed by atoms with E-state index in [0.717, 1.165) is 15.7 Å². The molecule has 5 heteroatoms. The molecule has 0 bridgehead atoms. The number of nitrogens with zero attached hydrogens (tertiary/aromatic N) is 2. The second-order valence-corrected chi connectivity index (χ2v) is 5.14. The minimum Gasteiger partial charge on any atom is -0.491 e. The summed E-state index contributed by atoms with van der Waals surface area (Å²) in [4.78, 5) is 9.23. The fourth-order valence-corrected chi connectivity index (χ4v) is 2.29. The molecule has 1 heterocycles. The van der Waals surface area contributed by atoms with Crippen molar-refractivity contribution in [2.75, 3.05) is 5.73 Å². The highest BCUT2D eigenvalue weighted by atomic mass is 32.2. The molecule has 18 heavy (non-hydrogen) atoms. The molecule has 0 spiro atoms. The average molecular weight is 261 g/mol. The Hall–Kier alpha value is -1.75. The molecule has 0 aliphatic rings. The Morgan fingerprint density at radius 2 is 2.06 bits per heavy atom. The quantitative estimate of drug-likeness (QED) is 0.857. The Bertz CT molecular complexity index is 517. The molecule has 0 amide bonds. The standard InChI is InChI=1S/C13H15N3OS/c1-9(2)17-11-5-10(14)6-12(7-11)18-13-8-15-3-4-16-13/h3-9H,14H2,1-2H3. The van der Waals surface area contributed by atoms with Crippen LogP contribution >= 0.6 is 11.8 Å². The summed E-state index contributed by atoms with van der Waals surface area (Å²) in [5, 5.41) is 0.832. The molecule has 4 nitrogen and oxygen atoms in total. The van der Waals surface area contributed by atoms with Crippen molar-refractivity contribution in [3.8, 4) is 5.75 Å². The number of nitrogens with two attached hydrogens (primary N) is 1. The Morgan fingerprint density at radius 3 is 2.72 bits per heavy atom. The predicted octanol–water partition coefficient (Wildman–Crippen LogP) is 3.00. The van der Waals surface area contributed by atoms with E-state index in [1.54, 1.807) is 18.6 Å². The van der Waals surface area contributed by atoms with Gasteiger partial charge in [0, 0.05) is 29.0 Å². The van der Waals surface area contributed by atoms with Crippen molar-refractivity contribution in [2.45, 2.75) is 29.9 Å². The Balaban J connectivity index is 2.20. The van der Waals surface area contributed by atoms with Gasteiger partial charge >= 0.3 is 0 Å². The Labute approximate surface area is 111 Å². The number of hydrogen-bond acceptors (Lipinski definition) is 5. The summed E-state index contributed by atoms with van der Waals surface area (Å²) in [5.41, 5.74) is 6.54. The van der Waals surface area contributed by atoms with Gasteiger partial charge in [0.05, 0.1) is 12.3 Å². The van der Waals surface area contributed by atoms with Crippen molar-refractivity contribution in [3.63, 3.8) is 0 Å². The third-order valence-electron chi connectivity index (χ3n) is 2.04. The first-order valence-corrected chi connectivity index (χ1v) is 6.46. The van der Waals surface area contributed by atoms with E-state index in [2.05, 4.69) is 9.97 Å².